The van der Waals surface area contributed by atoms with Crippen LogP contribution >= 0.6 is 0 Å². The van der Waals surface area contributed by atoms with E-state index in [2.05, 4.69) is 10.2 Å². The van der Waals surface area contributed by atoms with Gasteiger partial charge in [0.25, 0.3) is 0 Å². The van der Waals surface area contributed by atoms with Crippen molar-refractivity contribution in [3.05, 3.63) is 54.7 Å². The standard InChI is InChI=1S/C21H20N6O2/c22-21(28)26-11-8-15(9-12-26)29-16-5-7-17-14(13-16)4-6-18(23-17)20-25-24-19-3-1-2-10-27(19)20/h1-7,10,13,15H,8-9,11-12H2,(H2,22,28). The van der Waals surface area contributed by atoms with E-state index >= 15 is 0 Å². The first-order valence-corrected chi connectivity index (χ1v) is 9.59. The van der Waals surface area contributed by atoms with Crippen molar-refractivity contribution in [3.63, 3.8) is 0 Å². The van der Waals surface area contributed by atoms with E-state index in [1.54, 1.807) is 4.90 Å². The molecular formula is C21H20N6O2. The topological polar surface area (TPSA) is 98.6 Å². The zero-order valence-corrected chi connectivity index (χ0v) is 15.7. The Morgan fingerprint density at radius 1 is 1.07 bits per heavy atom. The second-order valence-corrected chi connectivity index (χ2v) is 7.15. The lowest BCUT2D eigenvalue weighted by atomic mass is 10.1. The third kappa shape index (κ3) is 3.33. The highest BCUT2D eigenvalue weighted by molar-refractivity contribution is 5.82. The van der Waals surface area contributed by atoms with Crippen LogP contribution in [0.25, 0.3) is 28.1 Å². The molecular weight excluding hydrogens is 368 g/mol. The second-order valence-electron chi connectivity index (χ2n) is 7.15. The van der Waals surface area contributed by atoms with Gasteiger partial charge in [0.15, 0.2) is 11.5 Å². The molecule has 1 aliphatic rings. The van der Waals surface area contributed by atoms with Crippen molar-refractivity contribution in [2.24, 2.45) is 5.73 Å². The van der Waals surface area contributed by atoms with Crippen molar-refractivity contribution in [3.8, 4) is 17.3 Å². The molecule has 1 aliphatic heterocycles. The van der Waals surface area contributed by atoms with Crippen LogP contribution in [0.4, 0.5) is 4.79 Å². The fourth-order valence-corrected chi connectivity index (χ4v) is 3.70. The van der Waals surface area contributed by atoms with Gasteiger partial charge < -0.3 is 15.4 Å². The predicted molar refractivity (Wildman–Crippen MR) is 109 cm³/mol. The van der Waals surface area contributed by atoms with Crippen LogP contribution < -0.4 is 10.5 Å². The van der Waals surface area contributed by atoms with Crippen LogP contribution in [0.2, 0.25) is 0 Å². The molecule has 0 atom stereocenters. The number of nitrogens with zero attached hydrogens (tertiary/aromatic N) is 5. The number of amides is 2. The van der Waals surface area contributed by atoms with Crippen molar-refractivity contribution in [2.45, 2.75) is 18.9 Å². The maximum absolute atomic E-state index is 11.2. The summed E-state index contributed by atoms with van der Waals surface area (Å²) in [4.78, 5) is 17.6. The summed E-state index contributed by atoms with van der Waals surface area (Å²) >= 11 is 0. The highest BCUT2D eigenvalue weighted by Gasteiger charge is 2.22. The molecule has 0 saturated carbocycles. The molecule has 8 heteroatoms. The van der Waals surface area contributed by atoms with Crippen LogP contribution in [0.3, 0.4) is 0 Å². The molecule has 4 aromatic rings. The number of piperidine rings is 1. The van der Waals surface area contributed by atoms with E-state index < -0.39 is 0 Å². The van der Waals surface area contributed by atoms with Gasteiger partial charge in [-0.25, -0.2) is 9.78 Å². The summed E-state index contributed by atoms with van der Waals surface area (Å²) < 4.78 is 8.04. The van der Waals surface area contributed by atoms with Crippen LogP contribution in [0.1, 0.15) is 12.8 Å². The Morgan fingerprint density at radius 2 is 1.93 bits per heavy atom. The molecule has 1 fully saturated rings. The molecule has 5 rings (SSSR count). The van der Waals surface area contributed by atoms with Crippen molar-refractivity contribution >= 4 is 22.6 Å². The molecule has 8 nitrogen and oxygen atoms in total. The first-order valence-electron chi connectivity index (χ1n) is 9.59. The van der Waals surface area contributed by atoms with E-state index in [0.29, 0.717) is 18.9 Å². The number of hydrogen-bond donors (Lipinski definition) is 1. The largest absolute Gasteiger partial charge is 0.490 e. The minimum Gasteiger partial charge on any atom is -0.490 e. The lowest BCUT2D eigenvalue weighted by molar-refractivity contribution is 0.114. The highest BCUT2D eigenvalue weighted by Crippen LogP contribution is 2.26. The third-order valence-corrected chi connectivity index (χ3v) is 5.26. The summed E-state index contributed by atoms with van der Waals surface area (Å²) in [6.45, 7) is 1.26. The Morgan fingerprint density at radius 3 is 2.76 bits per heavy atom. The van der Waals surface area contributed by atoms with Crippen LogP contribution in [0.5, 0.6) is 5.75 Å². The number of ether oxygens (including phenoxy) is 1. The molecule has 2 N–H and O–H groups in total. The maximum Gasteiger partial charge on any atom is 0.314 e. The predicted octanol–water partition coefficient (Wildman–Crippen LogP) is 2.87. The number of aromatic nitrogens is 4. The molecule has 0 radical (unpaired) electrons. The zero-order chi connectivity index (χ0) is 19.8. The highest BCUT2D eigenvalue weighted by atomic mass is 16.5. The van der Waals surface area contributed by atoms with Gasteiger partial charge in [-0.15, -0.1) is 10.2 Å². The summed E-state index contributed by atoms with van der Waals surface area (Å²) in [7, 11) is 0. The Balaban J connectivity index is 1.37. The van der Waals surface area contributed by atoms with Gasteiger partial charge >= 0.3 is 6.03 Å². The normalized spacial score (nSPS) is 15.1. The molecule has 3 aromatic heterocycles. The monoisotopic (exact) mass is 388 g/mol. The summed E-state index contributed by atoms with van der Waals surface area (Å²) in [6.07, 6.45) is 3.56. The number of fused-ring (bicyclic) bond motifs is 2. The van der Waals surface area contributed by atoms with Gasteiger partial charge in [0, 0.05) is 37.5 Å². The van der Waals surface area contributed by atoms with Crippen LogP contribution in [0, 0.1) is 0 Å². The van der Waals surface area contributed by atoms with Gasteiger partial charge in [-0.3, -0.25) is 4.40 Å². The summed E-state index contributed by atoms with van der Waals surface area (Å²) in [5.74, 6) is 1.52. The van der Waals surface area contributed by atoms with E-state index in [0.717, 1.165) is 40.8 Å². The minimum atomic E-state index is -0.364. The van der Waals surface area contributed by atoms with Crippen molar-refractivity contribution in [2.75, 3.05) is 13.1 Å². The first-order chi connectivity index (χ1) is 14.2. The van der Waals surface area contributed by atoms with Gasteiger partial charge in [-0.1, -0.05) is 12.1 Å². The van der Waals surface area contributed by atoms with Gasteiger partial charge in [0.2, 0.25) is 0 Å². The first kappa shape index (κ1) is 17.4. The van der Waals surface area contributed by atoms with Gasteiger partial charge in [0.1, 0.15) is 17.5 Å². The minimum absolute atomic E-state index is 0.0811. The summed E-state index contributed by atoms with van der Waals surface area (Å²) in [5.41, 5.74) is 7.76. The molecule has 1 saturated heterocycles. The van der Waals surface area contributed by atoms with E-state index in [-0.39, 0.29) is 12.1 Å². The van der Waals surface area contributed by atoms with E-state index in [4.69, 9.17) is 15.5 Å². The SMILES string of the molecule is NC(=O)N1CCC(Oc2ccc3nc(-c4nnc5ccccn45)ccc3c2)CC1. The van der Waals surface area contributed by atoms with Crippen molar-refractivity contribution in [1.29, 1.82) is 0 Å². The molecule has 0 aliphatic carbocycles. The molecule has 146 valence electrons. The lowest BCUT2D eigenvalue weighted by Crippen LogP contribution is -2.44. The van der Waals surface area contributed by atoms with Gasteiger partial charge in [-0.2, -0.15) is 0 Å². The van der Waals surface area contributed by atoms with Crippen LogP contribution in [0.15, 0.2) is 54.7 Å². The number of carbonyl (C=O) groups excluding carboxylic acids is 1. The molecule has 0 bridgehead atoms. The quantitative estimate of drug-likeness (QED) is 0.582. The fraction of sp³-hybridized carbons (Fsp3) is 0.238. The zero-order valence-electron chi connectivity index (χ0n) is 15.7. The Bertz CT molecular complexity index is 1200. The van der Waals surface area contributed by atoms with E-state index in [1.165, 1.54) is 0 Å². The Kier molecular flexibility index (Phi) is 4.23. The Labute approximate surface area is 166 Å². The number of rotatable bonds is 3. The second kappa shape index (κ2) is 7.05. The maximum atomic E-state index is 11.2. The van der Waals surface area contributed by atoms with Crippen molar-refractivity contribution < 1.29 is 9.53 Å². The summed E-state index contributed by atoms with van der Waals surface area (Å²) in [5, 5.41) is 9.46. The number of pyridine rings is 2. The number of benzene rings is 1. The number of hydrogen-bond acceptors (Lipinski definition) is 5. The number of likely N-dealkylation sites (tertiary alicyclic amines) is 1. The molecule has 0 unspecified atom stereocenters. The molecule has 4 heterocycles. The number of nitrogens with two attached hydrogens (primary N) is 1. The Hall–Kier alpha value is -3.68. The van der Waals surface area contributed by atoms with Crippen LogP contribution in [-0.4, -0.2) is 49.7 Å². The van der Waals surface area contributed by atoms with Crippen molar-refractivity contribution in [1.82, 2.24) is 24.5 Å². The molecule has 0 spiro atoms. The average Bonchev–Trinajstić information content (AvgIpc) is 3.18. The average molecular weight is 388 g/mol. The molecule has 2 amide bonds. The smallest absolute Gasteiger partial charge is 0.314 e. The number of primary amides is 1. The van der Waals surface area contributed by atoms with Gasteiger partial charge in [0.05, 0.1) is 5.52 Å². The van der Waals surface area contributed by atoms with E-state index in [1.807, 2.05) is 59.1 Å². The van der Waals surface area contributed by atoms with E-state index in [9.17, 15) is 4.79 Å². The molecule has 29 heavy (non-hydrogen) atoms. The fourth-order valence-electron chi connectivity index (χ4n) is 3.70. The van der Waals surface area contributed by atoms with Crippen LogP contribution in [-0.2, 0) is 0 Å². The summed E-state index contributed by atoms with van der Waals surface area (Å²) in [6, 6.07) is 15.3. The van der Waals surface area contributed by atoms with Gasteiger partial charge in [-0.05, 0) is 36.4 Å². The lowest BCUT2D eigenvalue weighted by Gasteiger charge is -2.31. The number of urea groups is 1. The number of carbonyl (C=O) groups is 1. The molecule has 1 aromatic carbocycles. The third-order valence-electron chi connectivity index (χ3n) is 5.26.